The number of hydrogen-bond acceptors (Lipinski definition) is 4. The molecular formula is C15H14N2OS. The summed E-state index contributed by atoms with van der Waals surface area (Å²) in [5.74, 6) is 1.62. The van der Waals surface area contributed by atoms with Gasteiger partial charge in [-0.2, -0.15) is 0 Å². The molecule has 0 spiro atoms. The third-order valence-electron chi connectivity index (χ3n) is 2.76. The Hall–Kier alpha value is -1.94. The van der Waals surface area contributed by atoms with Crippen LogP contribution in [0, 0.1) is 20.8 Å². The van der Waals surface area contributed by atoms with Gasteiger partial charge in [0.25, 0.3) is 0 Å². The van der Waals surface area contributed by atoms with Crippen LogP contribution in [-0.4, -0.2) is 9.97 Å². The molecule has 3 nitrogen and oxygen atoms in total. The molecule has 19 heavy (non-hydrogen) atoms. The van der Waals surface area contributed by atoms with Gasteiger partial charge in [0.05, 0.1) is 15.2 Å². The van der Waals surface area contributed by atoms with Crippen molar-refractivity contribution in [2.75, 3.05) is 0 Å². The van der Waals surface area contributed by atoms with Gasteiger partial charge >= 0.3 is 0 Å². The molecule has 0 N–H and O–H groups in total. The Morgan fingerprint density at radius 2 is 1.63 bits per heavy atom. The summed E-state index contributed by atoms with van der Waals surface area (Å²) in [7, 11) is 0. The van der Waals surface area contributed by atoms with Crippen LogP contribution in [0.1, 0.15) is 16.4 Å². The maximum atomic E-state index is 5.88. The molecule has 0 bridgehead atoms. The Bertz CT molecular complexity index is 729. The SMILES string of the molecule is Cc1cc(Oc2ccc3sc(C)nc3c2)cc(C)n1. The summed E-state index contributed by atoms with van der Waals surface area (Å²) in [6, 6.07) is 9.87. The quantitative estimate of drug-likeness (QED) is 0.692. The molecule has 0 unspecified atom stereocenters. The Morgan fingerprint density at radius 3 is 2.37 bits per heavy atom. The third-order valence-corrected chi connectivity index (χ3v) is 3.71. The summed E-state index contributed by atoms with van der Waals surface area (Å²) >= 11 is 1.70. The van der Waals surface area contributed by atoms with Crippen molar-refractivity contribution in [2.24, 2.45) is 0 Å². The van der Waals surface area contributed by atoms with E-state index >= 15 is 0 Å². The van der Waals surface area contributed by atoms with Crippen molar-refractivity contribution in [1.82, 2.24) is 9.97 Å². The normalized spacial score (nSPS) is 10.9. The molecular weight excluding hydrogens is 256 g/mol. The number of hydrogen-bond donors (Lipinski definition) is 0. The van der Waals surface area contributed by atoms with Crippen molar-refractivity contribution >= 4 is 21.6 Å². The van der Waals surface area contributed by atoms with E-state index in [9.17, 15) is 0 Å². The predicted octanol–water partition coefficient (Wildman–Crippen LogP) is 4.41. The Labute approximate surface area is 115 Å². The summed E-state index contributed by atoms with van der Waals surface area (Å²) in [5, 5.41) is 1.07. The fourth-order valence-electron chi connectivity index (χ4n) is 2.08. The molecule has 0 saturated heterocycles. The lowest BCUT2D eigenvalue weighted by Gasteiger charge is -2.07. The summed E-state index contributed by atoms with van der Waals surface area (Å²) in [4.78, 5) is 8.82. The molecule has 0 fully saturated rings. The number of ether oxygens (including phenoxy) is 1. The van der Waals surface area contributed by atoms with Crippen molar-refractivity contribution in [3.05, 3.63) is 46.7 Å². The first-order chi connectivity index (χ1) is 9.10. The highest BCUT2D eigenvalue weighted by Crippen LogP contribution is 2.28. The van der Waals surface area contributed by atoms with E-state index < -0.39 is 0 Å². The zero-order chi connectivity index (χ0) is 13.4. The van der Waals surface area contributed by atoms with Gasteiger partial charge in [-0.05, 0) is 32.9 Å². The molecule has 0 saturated carbocycles. The molecule has 0 aliphatic rings. The zero-order valence-electron chi connectivity index (χ0n) is 11.1. The molecule has 2 heterocycles. The van der Waals surface area contributed by atoms with Crippen LogP contribution in [0.25, 0.3) is 10.2 Å². The van der Waals surface area contributed by atoms with Crippen molar-refractivity contribution in [2.45, 2.75) is 20.8 Å². The largest absolute Gasteiger partial charge is 0.457 e. The minimum Gasteiger partial charge on any atom is -0.457 e. The van der Waals surface area contributed by atoms with E-state index in [0.29, 0.717) is 0 Å². The predicted molar refractivity (Wildman–Crippen MR) is 78.1 cm³/mol. The highest BCUT2D eigenvalue weighted by atomic mass is 32.1. The second kappa shape index (κ2) is 4.63. The molecule has 0 aliphatic heterocycles. The van der Waals surface area contributed by atoms with E-state index in [4.69, 9.17) is 4.74 Å². The number of nitrogens with zero attached hydrogens (tertiary/aromatic N) is 2. The van der Waals surface area contributed by atoms with E-state index in [1.54, 1.807) is 11.3 Å². The number of aryl methyl sites for hydroxylation is 3. The Morgan fingerprint density at radius 1 is 0.895 bits per heavy atom. The van der Waals surface area contributed by atoms with Crippen LogP contribution in [-0.2, 0) is 0 Å². The van der Waals surface area contributed by atoms with Gasteiger partial charge in [-0.25, -0.2) is 4.98 Å². The van der Waals surface area contributed by atoms with Gasteiger partial charge in [0.15, 0.2) is 0 Å². The topological polar surface area (TPSA) is 35.0 Å². The molecule has 0 aliphatic carbocycles. The summed E-state index contributed by atoms with van der Waals surface area (Å²) in [5.41, 5.74) is 2.91. The molecule has 0 atom stereocenters. The van der Waals surface area contributed by atoms with E-state index in [2.05, 4.69) is 16.0 Å². The monoisotopic (exact) mass is 270 g/mol. The van der Waals surface area contributed by atoms with Crippen molar-refractivity contribution in [3.8, 4) is 11.5 Å². The number of pyridine rings is 1. The smallest absolute Gasteiger partial charge is 0.131 e. The van der Waals surface area contributed by atoms with Gasteiger partial charge in [-0.1, -0.05) is 0 Å². The minimum absolute atomic E-state index is 0.808. The number of rotatable bonds is 2. The van der Waals surface area contributed by atoms with Crippen molar-refractivity contribution in [1.29, 1.82) is 0 Å². The first-order valence-electron chi connectivity index (χ1n) is 6.10. The average molecular weight is 270 g/mol. The second-order valence-electron chi connectivity index (χ2n) is 4.55. The molecule has 1 aromatic carbocycles. The lowest BCUT2D eigenvalue weighted by atomic mass is 10.3. The van der Waals surface area contributed by atoms with Crippen LogP contribution in [0.3, 0.4) is 0 Å². The lowest BCUT2D eigenvalue weighted by Crippen LogP contribution is -1.90. The summed E-state index contributed by atoms with van der Waals surface area (Å²) in [6.45, 7) is 5.94. The number of thiazole rings is 1. The second-order valence-corrected chi connectivity index (χ2v) is 5.78. The number of benzene rings is 1. The van der Waals surface area contributed by atoms with Crippen LogP contribution < -0.4 is 4.74 Å². The molecule has 0 amide bonds. The van der Waals surface area contributed by atoms with Gasteiger partial charge in [0.2, 0.25) is 0 Å². The standard InChI is InChI=1S/C15H14N2OS/c1-9-6-13(7-10(2)16-9)18-12-4-5-15-14(8-12)17-11(3)19-15/h4-8H,1-3H3. The Balaban J connectivity index is 1.95. The van der Waals surface area contributed by atoms with Crippen LogP contribution in [0.5, 0.6) is 11.5 Å². The molecule has 2 aromatic heterocycles. The third kappa shape index (κ3) is 2.58. The van der Waals surface area contributed by atoms with Crippen LogP contribution in [0.2, 0.25) is 0 Å². The Kier molecular flexibility index (Phi) is 2.95. The van der Waals surface area contributed by atoms with Gasteiger partial charge in [-0.15, -0.1) is 11.3 Å². The minimum atomic E-state index is 0.808. The van der Waals surface area contributed by atoms with Crippen molar-refractivity contribution in [3.63, 3.8) is 0 Å². The molecule has 96 valence electrons. The summed E-state index contributed by atoms with van der Waals surface area (Å²) in [6.07, 6.45) is 0. The summed E-state index contributed by atoms with van der Waals surface area (Å²) < 4.78 is 7.07. The number of aromatic nitrogens is 2. The van der Waals surface area contributed by atoms with Gasteiger partial charge in [0.1, 0.15) is 11.5 Å². The van der Waals surface area contributed by atoms with Gasteiger partial charge in [-0.3, -0.25) is 4.98 Å². The highest BCUT2D eigenvalue weighted by molar-refractivity contribution is 7.18. The van der Waals surface area contributed by atoms with Gasteiger partial charge in [0, 0.05) is 29.6 Å². The maximum Gasteiger partial charge on any atom is 0.131 e. The maximum absolute atomic E-state index is 5.88. The lowest BCUT2D eigenvalue weighted by molar-refractivity contribution is 0.481. The highest BCUT2D eigenvalue weighted by Gasteiger charge is 2.04. The van der Waals surface area contributed by atoms with E-state index in [-0.39, 0.29) is 0 Å². The molecule has 3 rings (SSSR count). The van der Waals surface area contributed by atoms with E-state index in [1.807, 2.05) is 45.0 Å². The van der Waals surface area contributed by atoms with Crippen LogP contribution >= 0.6 is 11.3 Å². The fraction of sp³-hybridized carbons (Fsp3) is 0.200. The first-order valence-corrected chi connectivity index (χ1v) is 6.92. The molecule has 0 radical (unpaired) electrons. The molecule has 3 aromatic rings. The van der Waals surface area contributed by atoms with E-state index in [0.717, 1.165) is 33.4 Å². The zero-order valence-corrected chi connectivity index (χ0v) is 11.9. The van der Waals surface area contributed by atoms with Crippen LogP contribution in [0.4, 0.5) is 0 Å². The average Bonchev–Trinajstić information content (AvgIpc) is 2.67. The van der Waals surface area contributed by atoms with Crippen molar-refractivity contribution < 1.29 is 4.74 Å². The van der Waals surface area contributed by atoms with Gasteiger partial charge < -0.3 is 4.74 Å². The molecule has 4 heteroatoms. The fourth-order valence-corrected chi connectivity index (χ4v) is 2.88. The van der Waals surface area contributed by atoms with Crippen LogP contribution in [0.15, 0.2) is 30.3 Å². The number of fused-ring (bicyclic) bond motifs is 1. The van der Waals surface area contributed by atoms with E-state index in [1.165, 1.54) is 4.70 Å². The first kappa shape index (κ1) is 12.1.